The van der Waals surface area contributed by atoms with Gasteiger partial charge in [0.05, 0.1) is 0 Å². The van der Waals surface area contributed by atoms with Crippen molar-refractivity contribution in [1.29, 1.82) is 0 Å². The minimum Gasteiger partial charge on any atom is -0.354 e. The highest BCUT2D eigenvalue weighted by Crippen LogP contribution is 2.37. The Balaban J connectivity index is 1.75. The smallest absolute Gasteiger partial charge is 0.250 e. The van der Waals surface area contributed by atoms with Crippen LogP contribution in [0.5, 0.6) is 0 Å². The molecule has 0 spiro atoms. The van der Waals surface area contributed by atoms with Crippen LogP contribution in [0.1, 0.15) is 32.5 Å². The van der Waals surface area contributed by atoms with Gasteiger partial charge < -0.3 is 10.2 Å². The lowest BCUT2D eigenvalue weighted by atomic mass is 9.96. The van der Waals surface area contributed by atoms with E-state index >= 15 is 0 Å². The first-order valence-corrected chi connectivity index (χ1v) is 10.4. The van der Waals surface area contributed by atoms with Crippen LogP contribution in [0.15, 0.2) is 24.3 Å². The Labute approximate surface area is 179 Å². The molecular formula is C19H23Cl3FN5. The van der Waals surface area contributed by atoms with Gasteiger partial charge in [0.2, 0.25) is 9.74 Å². The lowest BCUT2D eigenvalue weighted by Gasteiger charge is -2.34. The number of halogens is 4. The minimum absolute atomic E-state index is 0.0314. The maximum Gasteiger partial charge on any atom is 0.250 e. The van der Waals surface area contributed by atoms with Crippen molar-refractivity contribution in [1.82, 2.24) is 19.9 Å². The van der Waals surface area contributed by atoms with Crippen molar-refractivity contribution in [3.63, 3.8) is 0 Å². The number of benzene rings is 1. The highest BCUT2D eigenvalue weighted by atomic mass is 35.6. The molecule has 152 valence electrons. The fourth-order valence-corrected chi connectivity index (χ4v) is 3.47. The van der Waals surface area contributed by atoms with Crippen LogP contribution in [0.4, 0.5) is 10.3 Å². The third-order valence-electron chi connectivity index (χ3n) is 4.92. The summed E-state index contributed by atoms with van der Waals surface area (Å²) in [6.07, 6.45) is 2.22. The monoisotopic (exact) mass is 445 g/mol. The van der Waals surface area contributed by atoms with Crippen molar-refractivity contribution in [2.75, 3.05) is 25.0 Å². The molecule has 0 saturated carbocycles. The van der Waals surface area contributed by atoms with Crippen molar-refractivity contribution >= 4 is 40.8 Å². The number of rotatable bonds is 5. The maximum atomic E-state index is 13.2. The van der Waals surface area contributed by atoms with Gasteiger partial charge in [0.25, 0.3) is 0 Å². The summed E-state index contributed by atoms with van der Waals surface area (Å²) in [6.45, 7) is 7.35. The summed E-state index contributed by atoms with van der Waals surface area (Å²) in [5.41, 5.74) is 0.618. The largest absolute Gasteiger partial charge is 0.354 e. The van der Waals surface area contributed by atoms with Gasteiger partial charge in [-0.25, -0.2) is 9.37 Å². The highest BCUT2D eigenvalue weighted by molar-refractivity contribution is 6.66. The molecule has 1 N–H and O–H groups in total. The molecular weight excluding hydrogens is 424 g/mol. The number of aromatic nitrogens is 3. The number of nitrogens with one attached hydrogen (secondary N) is 1. The third kappa shape index (κ3) is 5.66. The maximum absolute atomic E-state index is 13.2. The van der Waals surface area contributed by atoms with Crippen LogP contribution in [0, 0.1) is 11.7 Å². The molecule has 1 saturated heterocycles. The Hall–Kier alpha value is -1.21. The molecule has 0 unspecified atom stereocenters. The quantitative estimate of drug-likeness (QED) is 0.652. The molecule has 1 aromatic heterocycles. The van der Waals surface area contributed by atoms with Crippen LogP contribution in [0.25, 0.3) is 11.4 Å². The molecule has 9 heteroatoms. The Kier molecular flexibility index (Phi) is 6.97. The molecule has 3 rings (SSSR count). The van der Waals surface area contributed by atoms with Crippen LogP contribution in [0.3, 0.4) is 0 Å². The third-order valence-corrected chi connectivity index (χ3v) is 5.43. The number of nitrogens with zero attached hydrogens (tertiary/aromatic N) is 4. The van der Waals surface area contributed by atoms with E-state index in [4.69, 9.17) is 34.8 Å². The van der Waals surface area contributed by atoms with Gasteiger partial charge in [0.1, 0.15) is 5.82 Å². The lowest BCUT2D eigenvalue weighted by molar-refractivity contribution is 0.153. The van der Waals surface area contributed by atoms with Gasteiger partial charge >= 0.3 is 0 Å². The molecule has 0 aliphatic carbocycles. The predicted octanol–water partition coefficient (Wildman–Crippen LogP) is 5.04. The molecule has 2 aromatic rings. The Morgan fingerprint density at radius 1 is 1.11 bits per heavy atom. The van der Waals surface area contributed by atoms with E-state index in [1.54, 1.807) is 12.1 Å². The van der Waals surface area contributed by atoms with E-state index in [-0.39, 0.29) is 11.6 Å². The molecule has 1 aromatic carbocycles. The van der Waals surface area contributed by atoms with E-state index in [0.29, 0.717) is 29.3 Å². The second-order valence-corrected chi connectivity index (χ2v) is 9.55. The number of hydrogen-bond acceptors (Lipinski definition) is 5. The van der Waals surface area contributed by atoms with Gasteiger partial charge in [-0.2, -0.15) is 9.97 Å². The van der Waals surface area contributed by atoms with Crippen molar-refractivity contribution in [3.8, 4) is 11.4 Å². The van der Waals surface area contributed by atoms with Gasteiger partial charge in [0.15, 0.2) is 11.6 Å². The number of piperidine rings is 1. The van der Waals surface area contributed by atoms with E-state index in [1.165, 1.54) is 12.1 Å². The molecule has 1 aliphatic rings. The zero-order valence-corrected chi connectivity index (χ0v) is 18.1. The molecule has 0 radical (unpaired) electrons. The van der Waals surface area contributed by atoms with Gasteiger partial charge in [0, 0.05) is 18.2 Å². The van der Waals surface area contributed by atoms with Crippen LogP contribution in [-0.2, 0) is 3.79 Å². The second-order valence-electron chi connectivity index (χ2n) is 7.26. The SMILES string of the molecule is CC(C)N1CCC(CNc2nc(-c3ccc(F)cc3)nc(C(Cl)(Cl)Cl)n2)CC1. The van der Waals surface area contributed by atoms with Gasteiger partial charge in [-0.3, -0.25) is 0 Å². The molecule has 2 heterocycles. The van der Waals surface area contributed by atoms with Crippen molar-refractivity contribution in [3.05, 3.63) is 35.9 Å². The summed E-state index contributed by atoms with van der Waals surface area (Å²) in [5.74, 6) is 0.891. The van der Waals surface area contributed by atoms with E-state index in [2.05, 4.69) is 39.0 Å². The number of anilines is 1. The number of hydrogen-bond donors (Lipinski definition) is 1. The normalized spacial score (nSPS) is 16.5. The first-order valence-electron chi connectivity index (χ1n) is 9.29. The average molecular weight is 447 g/mol. The summed E-state index contributed by atoms with van der Waals surface area (Å²) < 4.78 is 11.4. The van der Waals surface area contributed by atoms with E-state index in [9.17, 15) is 4.39 Å². The Morgan fingerprint density at radius 3 is 2.32 bits per heavy atom. The van der Waals surface area contributed by atoms with E-state index < -0.39 is 3.79 Å². The second kappa shape index (κ2) is 9.08. The zero-order chi connectivity index (χ0) is 20.3. The fraction of sp³-hybridized carbons (Fsp3) is 0.526. The summed E-state index contributed by atoms with van der Waals surface area (Å²) >= 11 is 18.0. The van der Waals surface area contributed by atoms with Crippen molar-refractivity contribution < 1.29 is 4.39 Å². The summed E-state index contributed by atoms with van der Waals surface area (Å²) in [7, 11) is 0. The van der Waals surface area contributed by atoms with Crippen LogP contribution < -0.4 is 5.32 Å². The molecule has 1 aliphatic heterocycles. The van der Waals surface area contributed by atoms with E-state index in [0.717, 1.165) is 32.5 Å². The van der Waals surface area contributed by atoms with Gasteiger partial charge in [-0.15, -0.1) is 0 Å². The zero-order valence-electron chi connectivity index (χ0n) is 15.8. The summed E-state index contributed by atoms with van der Waals surface area (Å²) in [6, 6.07) is 6.41. The van der Waals surface area contributed by atoms with E-state index in [1.807, 2.05) is 0 Å². The Morgan fingerprint density at radius 2 is 1.75 bits per heavy atom. The standard InChI is InChI=1S/C19H23Cl3FN5/c1-12(2)28-9-7-13(8-10-28)11-24-18-26-16(14-3-5-15(23)6-4-14)25-17(27-18)19(20,21)22/h3-6,12-13H,7-11H2,1-2H3,(H,24,25,26,27). The molecule has 0 atom stereocenters. The first-order chi connectivity index (χ1) is 13.2. The predicted molar refractivity (Wildman–Crippen MR) is 112 cm³/mol. The Bertz CT molecular complexity index is 787. The number of likely N-dealkylation sites (tertiary alicyclic amines) is 1. The minimum atomic E-state index is -1.78. The topological polar surface area (TPSA) is 53.9 Å². The number of alkyl halides is 3. The average Bonchev–Trinajstić information content (AvgIpc) is 2.66. The highest BCUT2D eigenvalue weighted by Gasteiger charge is 2.29. The molecule has 28 heavy (non-hydrogen) atoms. The molecule has 0 bridgehead atoms. The fourth-order valence-electron chi connectivity index (χ4n) is 3.22. The van der Waals surface area contributed by atoms with Gasteiger partial charge in [-0.1, -0.05) is 34.8 Å². The van der Waals surface area contributed by atoms with Crippen LogP contribution in [0.2, 0.25) is 0 Å². The molecule has 1 fully saturated rings. The van der Waals surface area contributed by atoms with Crippen LogP contribution in [-0.4, -0.2) is 45.5 Å². The van der Waals surface area contributed by atoms with Gasteiger partial charge in [-0.05, 0) is 70.0 Å². The molecule has 0 amide bonds. The summed E-state index contributed by atoms with van der Waals surface area (Å²) in [5, 5.41) is 3.26. The first kappa shape index (κ1) is 21.5. The summed E-state index contributed by atoms with van der Waals surface area (Å²) in [4.78, 5) is 15.4. The lowest BCUT2D eigenvalue weighted by Crippen LogP contribution is -2.40. The molecule has 5 nitrogen and oxygen atoms in total. The van der Waals surface area contributed by atoms with Crippen molar-refractivity contribution in [2.45, 2.75) is 36.5 Å². The van der Waals surface area contributed by atoms with Crippen molar-refractivity contribution in [2.24, 2.45) is 5.92 Å². The van der Waals surface area contributed by atoms with Crippen LogP contribution >= 0.6 is 34.8 Å².